The van der Waals surface area contributed by atoms with E-state index in [4.69, 9.17) is 4.98 Å². The van der Waals surface area contributed by atoms with Crippen molar-refractivity contribution < 1.29 is 9.11 Å². The van der Waals surface area contributed by atoms with Crippen molar-refractivity contribution in [3.05, 3.63) is 97.2 Å². The molecule has 162 valence electrons. The van der Waals surface area contributed by atoms with Crippen LogP contribution in [-0.2, 0) is 6.54 Å². The first kappa shape index (κ1) is 20.4. The zero-order valence-corrected chi connectivity index (χ0v) is 18.1. The maximum Gasteiger partial charge on any atom is 0.138 e. The summed E-state index contributed by atoms with van der Waals surface area (Å²) in [7, 11) is -2.80. The first-order chi connectivity index (χ1) is 15.6. The molecule has 7 nitrogen and oxygen atoms in total. The van der Waals surface area contributed by atoms with Crippen LogP contribution >= 0.6 is 10.6 Å². The van der Waals surface area contributed by atoms with Crippen molar-refractivity contribution in [1.29, 1.82) is 0 Å². The summed E-state index contributed by atoms with van der Waals surface area (Å²) in [4.78, 5) is 18.1. The minimum Gasteiger partial charge on any atom is -0.334 e. The molecule has 0 fully saturated rings. The monoisotopic (exact) mass is 445 g/mol. The van der Waals surface area contributed by atoms with Crippen LogP contribution in [0.25, 0.3) is 0 Å². The third-order valence-electron chi connectivity index (χ3n) is 5.47. The van der Waals surface area contributed by atoms with Crippen LogP contribution in [0, 0.1) is 0 Å². The zero-order valence-electron chi connectivity index (χ0n) is 17.3. The molecule has 4 aromatic rings. The van der Waals surface area contributed by atoms with Gasteiger partial charge >= 0.3 is 0 Å². The summed E-state index contributed by atoms with van der Waals surface area (Å²) in [6.45, 7) is 1.03. The van der Waals surface area contributed by atoms with E-state index in [9.17, 15) is 9.11 Å². The van der Waals surface area contributed by atoms with Crippen molar-refractivity contribution in [2.24, 2.45) is 0 Å². The highest BCUT2D eigenvalue weighted by molar-refractivity contribution is 8.24. The second-order valence-electron chi connectivity index (χ2n) is 7.48. The second-order valence-corrected chi connectivity index (χ2v) is 9.67. The summed E-state index contributed by atoms with van der Waals surface area (Å²) in [5, 5.41) is 0. The Labute approximate surface area is 188 Å². The Kier molecular flexibility index (Phi) is 5.48. The minimum absolute atomic E-state index is 0.273. The number of rotatable bonds is 5. The SMILES string of the molecule is OS1(O)CCN(c2ncccc2CN(c2cccnc2)c2cccnc2)c2ccccc21. The molecule has 1 aromatic carbocycles. The van der Waals surface area contributed by atoms with E-state index in [1.807, 2.05) is 60.9 Å². The average molecular weight is 446 g/mol. The van der Waals surface area contributed by atoms with Gasteiger partial charge < -0.3 is 9.80 Å². The Morgan fingerprint density at radius 1 is 0.844 bits per heavy atom. The molecule has 0 amide bonds. The highest BCUT2D eigenvalue weighted by atomic mass is 32.3. The Hall–Kier alpha value is -3.46. The third-order valence-corrected chi connectivity index (χ3v) is 7.28. The van der Waals surface area contributed by atoms with Gasteiger partial charge in [0.05, 0.1) is 46.6 Å². The standard InChI is InChI=1S/C24H23N5O2S/c30-32(31)15-14-28(22-9-1-2-10-23(22)32)24-19(6-3-13-27-24)18-29(20-7-4-11-25-16-20)21-8-5-12-26-17-21/h1-13,16-17,30-31H,14-15,18H2. The summed E-state index contributed by atoms with van der Waals surface area (Å²) in [5.74, 6) is 1.07. The molecule has 0 atom stereocenters. The number of aromatic nitrogens is 3. The Bertz CT molecular complexity index is 1170. The van der Waals surface area contributed by atoms with E-state index in [2.05, 4.69) is 25.8 Å². The van der Waals surface area contributed by atoms with E-state index in [-0.39, 0.29) is 5.75 Å². The number of hydrogen-bond donors (Lipinski definition) is 2. The fraction of sp³-hybridized carbons (Fsp3) is 0.125. The van der Waals surface area contributed by atoms with Crippen molar-refractivity contribution in [3.63, 3.8) is 0 Å². The van der Waals surface area contributed by atoms with Gasteiger partial charge in [-0.15, -0.1) is 0 Å². The molecule has 3 aromatic heterocycles. The molecule has 0 saturated heterocycles. The van der Waals surface area contributed by atoms with Gasteiger partial charge in [-0.3, -0.25) is 19.1 Å². The number of fused-ring (bicyclic) bond motifs is 1. The van der Waals surface area contributed by atoms with Crippen molar-refractivity contribution in [1.82, 2.24) is 15.0 Å². The average Bonchev–Trinajstić information content (AvgIpc) is 2.84. The van der Waals surface area contributed by atoms with Gasteiger partial charge in [0.2, 0.25) is 0 Å². The van der Waals surface area contributed by atoms with Crippen LogP contribution in [0.1, 0.15) is 5.56 Å². The van der Waals surface area contributed by atoms with Crippen molar-refractivity contribution in [2.45, 2.75) is 11.4 Å². The zero-order chi connectivity index (χ0) is 22.0. The van der Waals surface area contributed by atoms with Crippen LogP contribution in [0.5, 0.6) is 0 Å². The highest BCUT2D eigenvalue weighted by Crippen LogP contribution is 2.56. The maximum absolute atomic E-state index is 10.6. The number of hydrogen-bond acceptors (Lipinski definition) is 7. The number of pyridine rings is 3. The lowest BCUT2D eigenvalue weighted by molar-refractivity contribution is 0.483. The maximum atomic E-state index is 10.6. The minimum atomic E-state index is -2.80. The van der Waals surface area contributed by atoms with Gasteiger partial charge in [0, 0.05) is 30.7 Å². The Morgan fingerprint density at radius 2 is 1.53 bits per heavy atom. The summed E-state index contributed by atoms with van der Waals surface area (Å²) < 4.78 is 21.1. The lowest BCUT2D eigenvalue weighted by Gasteiger charge is -2.43. The van der Waals surface area contributed by atoms with Crippen molar-refractivity contribution in [2.75, 3.05) is 22.1 Å². The Morgan fingerprint density at radius 3 is 2.22 bits per heavy atom. The molecule has 0 bridgehead atoms. The Balaban J connectivity index is 1.57. The third kappa shape index (κ3) is 3.91. The molecule has 1 aliphatic heterocycles. The number of para-hydroxylation sites is 1. The van der Waals surface area contributed by atoms with Gasteiger partial charge in [0.1, 0.15) is 5.82 Å². The fourth-order valence-corrected chi connectivity index (χ4v) is 5.42. The molecule has 0 saturated carbocycles. The van der Waals surface area contributed by atoms with Gasteiger partial charge in [-0.2, -0.15) is 10.6 Å². The molecule has 32 heavy (non-hydrogen) atoms. The number of nitrogens with zero attached hydrogens (tertiary/aromatic N) is 5. The van der Waals surface area contributed by atoms with Crippen LogP contribution in [0.2, 0.25) is 0 Å². The topological polar surface area (TPSA) is 85.6 Å². The van der Waals surface area contributed by atoms with E-state index in [1.165, 1.54) is 0 Å². The first-order valence-electron chi connectivity index (χ1n) is 10.3. The molecule has 0 aliphatic carbocycles. The van der Waals surface area contributed by atoms with Crippen LogP contribution in [-0.4, -0.2) is 36.4 Å². The molecule has 4 heterocycles. The predicted octanol–water partition coefficient (Wildman–Crippen LogP) is 5.47. The molecule has 8 heteroatoms. The van der Waals surface area contributed by atoms with Gasteiger partial charge in [-0.05, 0) is 42.5 Å². The highest BCUT2D eigenvalue weighted by Gasteiger charge is 2.31. The summed E-state index contributed by atoms with van der Waals surface area (Å²) in [6, 6.07) is 19.3. The lowest BCUT2D eigenvalue weighted by Crippen LogP contribution is -2.31. The van der Waals surface area contributed by atoms with Crippen molar-refractivity contribution >= 4 is 33.5 Å². The normalized spacial score (nSPS) is 15.6. The molecule has 1 aliphatic rings. The van der Waals surface area contributed by atoms with E-state index in [0.29, 0.717) is 18.0 Å². The molecule has 0 unspecified atom stereocenters. The quantitative estimate of drug-likeness (QED) is 0.421. The largest absolute Gasteiger partial charge is 0.334 e. The molecule has 5 rings (SSSR count). The van der Waals surface area contributed by atoms with Crippen LogP contribution < -0.4 is 9.80 Å². The van der Waals surface area contributed by atoms with E-state index >= 15 is 0 Å². The van der Waals surface area contributed by atoms with Crippen LogP contribution in [0.15, 0.2) is 96.5 Å². The summed E-state index contributed by atoms with van der Waals surface area (Å²) >= 11 is 0. The molecule has 2 N–H and O–H groups in total. The summed E-state index contributed by atoms with van der Waals surface area (Å²) in [6.07, 6.45) is 8.93. The summed E-state index contributed by atoms with van der Waals surface area (Å²) in [5.41, 5.74) is 3.69. The van der Waals surface area contributed by atoms with Crippen molar-refractivity contribution in [3.8, 4) is 0 Å². The molecule has 0 radical (unpaired) electrons. The second kappa shape index (κ2) is 8.58. The fourth-order valence-electron chi connectivity index (χ4n) is 3.95. The van der Waals surface area contributed by atoms with Gasteiger partial charge in [-0.25, -0.2) is 4.98 Å². The van der Waals surface area contributed by atoms with E-state index in [0.717, 1.165) is 28.4 Å². The smallest absolute Gasteiger partial charge is 0.138 e. The van der Waals surface area contributed by atoms with E-state index in [1.54, 1.807) is 24.7 Å². The van der Waals surface area contributed by atoms with Crippen LogP contribution in [0.3, 0.4) is 0 Å². The molecule has 0 spiro atoms. The van der Waals surface area contributed by atoms with Gasteiger partial charge in [0.15, 0.2) is 0 Å². The first-order valence-corrected chi connectivity index (χ1v) is 12.0. The van der Waals surface area contributed by atoms with Gasteiger partial charge in [-0.1, -0.05) is 18.2 Å². The van der Waals surface area contributed by atoms with Gasteiger partial charge in [0.25, 0.3) is 0 Å². The molecular formula is C24H23N5O2S. The lowest BCUT2D eigenvalue weighted by atomic mass is 10.1. The predicted molar refractivity (Wildman–Crippen MR) is 128 cm³/mol. The number of benzene rings is 1. The van der Waals surface area contributed by atoms with Crippen LogP contribution in [0.4, 0.5) is 22.9 Å². The van der Waals surface area contributed by atoms with E-state index < -0.39 is 10.6 Å². The molecular weight excluding hydrogens is 422 g/mol. The number of anilines is 4.